The molecule has 0 spiro atoms. The van der Waals surface area contributed by atoms with Gasteiger partial charge in [0.1, 0.15) is 11.4 Å². The van der Waals surface area contributed by atoms with Crippen molar-refractivity contribution in [2.75, 3.05) is 19.7 Å². The Morgan fingerprint density at radius 2 is 1.57 bits per heavy atom. The van der Waals surface area contributed by atoms with Gasteiger partial charge in [0.25, 0.3) is 5.91 Å². The van der Waals surface area contributed by atoms with Crippen LogP contribution in [-0.2, 0) is 6.54 Å². The van der Waals surface area contributed by atoms with Gasteiger partial charge in [0.05, 0.1) is 6.61 Å². The molecule has 0 bridgehead atoms. The average molecular weight is 374 g/mol. The molecule has 0 saturated carbocycles. The van der Waals surface area contributed by atoms with Gasteiger partial charge in [0.15, 0.2) is 0 Å². The standard InChI is InChI=1S/C24H26N2O2/c27-24(23-12-7-15-26(23)18-20-8-3-1-4-9-20)25-16-13-21(14-17-25)19-28-22-10-5-2-6-11-22/h1-12,15,21H,13-14,16-19H2. The second kappa shape index (κ2) is 8.79. The van der Waals surface area contributed by atoms with Crippen LogP contribution in [-0.4, -0.2) is 35.1 Å². The van der Waals surface area contributed by atoms with Crippen LogP contribution in [0, 0.1) is 5.92 Å². The lowest BCUT2D eigenvalue weighted by Crippen LogP contribution is -2.40. The first-order valence-electron chi connectivity index (χ1n) is 9.96. The zero-order valence-electron chi connectivity index (χ0n) is 16.0. The minimum absolute atomic E-state index is 0.128. The molecule has 0 atom stereocenters. The van der Waals surface area contributed by atoms with Crippen molar-refractivity contribution in [2.45, 2.75) is 19.4 Å². The molecule has 2 aromatic carbocycles. The highest BCUT2D eigenvalue weighted by molar-refractivity contribution is 5.92. The molecule has 144 valence electrons. The number of ether oxygens (including phenoxy) is 1. The molecule has 4 nitrogen and oxygen atoms in total. The SMILES string of the molecule is O=C(c1cccn1Cc1ccccc1)N1CCC(COc2ccccc2)CC1. The second-order valence-corrected chi connectivity index (χ2v) is 7.37. The number of nitrogens with zero attached hydrogens (tertiary/aromatic N) is 2. The lowest BCUT2D eigenvalue weighted by Gasteiger charge is -2.32. The quantitative estimate of drug-likeness (QED) is 0.638. The largest absolute Gasteiger partial charge is 0.493 e. The van der Waals surface area contributed by atoms with Crippen molar-refractivity contribution in [3.8, 4) is 5.75 Å². The summed E-state index contributed by atoms with van der Waals surface area (Å²) in [6, 6.07) is 24.1. The number of rotatable bonds is 6. The first-order chi connectivity index (χ1) is 13.8. The van der Waals surface area contributed by atoms with Crippen LogP contribution < -0.4 is 4.74 Å². The van der Waals surface area contributed by atoms with E-state index in [1.54, 1.807) is 0 Å². The van der Waals surface area contributed by atoms with E-state index in [9.17, 15) is 4.79 Å². The van der Waals surface area contributed by atoms with Crippen LogP contribution in [0.1, 0.15) is 28.9 Å². The minimum Gasteiger partial charge on any atom is -0.493 e. The van der Waals surface area contributed by atoms with Crippen molar-refractivity contribution >= 4 is 5.91 Å². The second-order valence-electron chi connectivity index (χ2n) is 7.37. The maximum atomic E-state index is 13.0. The summed E-state index contributed by atoms with van der Waals surface area (Å²) in [6.45, 7) is 3.02. The third-order valence-electron chi connectivity index (χ3n) is 5.38. The molecule has 4 rings (SSSR count). The maximum absolute atomic E-state index is 13.0. The van der Waals surface area contributed by atoms with Crippen LogP contribution in [0.3, 0.4) is 0 Å². The van der Waals surface area contributed by atoms with Crippen LogP contribution in [0.15, 0.2) is 79.0 Å². The Balaban J connectivity index is 1.31. The maximum Gasteiger partial charge on any atom is 0.270 e. The van der Waals surface area contributed by atoms with Gasteiger partial charge in [0, 0.05) is 25.8 Å². The summed E-state index contributed by atoms with van der Waals surface area (Å²) < 4.78 is 7.94. The van der Waals surface area contributed by atoms with Gasteiger partial charge >= 0.3 is 0 Å². The van der Waals surface area contributed by atoms with Gasteiger partial charge in [-0.15, -0.1) is 0 Å². The van der Waals surface area contributed by atoms with Crippen LogP contribution >= 0.6 is 0 Å². The molecule has 0 unspecified atom stereocenters. The van der Waals surface area contributed by atoms with E-state index >= 15 is 0 Å². The van der Waals surface area contributed by atoms with E-state index in [1.165, 1.54) is 5.56 Å². The van der Waals surface area contributed by atoms with Gasteiger partial charge in [0.2, 0.25) is 0 Å². The van der Waals surface area contributed by atoms with Gasteiger partial charge < -0.3 is 14.2 Å². The number of hydrogen-bond donors (Lipinski definition) is 0. The van der Waals surface area contributed by atoms with E-state index in [1.807, 2.05) is 76.3 Å². The first kappa shape index (κ1) is 18.4. The lowest BCUT2D eigenvalue weighted by atomic mass is 9.97. The van der Waals surface area contributed by atoms with E-state index in [0.29, 0.717) is 5.92 Å². The smallest absolute Gasteiger partial charge is 0.270 e. The lowest BCUT2D eigenvalue weighted by molar-refractivity contribution is 0.0651. The summed E-state index contributed by atoms with van der Waals surface area (Å²) in [4.78, 5) is 15.0. The number of benzene rings is 2. The molecule has 4 heteroatoms. The van der Waals surface area contributed by atoms with Crippen molar-refractivity contribution in [2.24, 2.45) is 5.92 Å². The molecular weight excluding hydrogens is 348 g/mol. The predicted octanol–water partition coefficient (Wildman–Crippen LogP) is 4.47. The van der Waals surface area contributed by atoms with Crippen molar-refractivity contribution < 1.29 is 9.53 Å². The van der Waals surface area contributed by atoms with Gasteiger partial charge in [-0.3, -0.25) is 4.79 Å². The number of hydrogen-bond acceptors (Lipinski definition) is 2. The molecule has 1 aliphatic heterocycles. The summed E-state index contributed by atoms with van der Waals surface area (Å²) in [7, 11) is 0. The molecule has 1 amide bonds. The van der Waals surface area contributed by atoms with Gasteiger partial charge in [-0.2, -0.15) is 0 Å². The molecule has 1 saturated heterocycles. The third-order valence-corrected chi connectivity index (χ3v) is 5.38. The summed E-state index contributed by atoms with van der Waals surface area (Å²) in [5, 5.41) is 0. The van der Waals surface area contributed by atoms with Crippen LogP contribution in [0.4, 0.5) is 0 Å². The fourth-order valence-electron chi connectivity index (χ4n) is 3.72. The van der Waals surface area contributed by atoms with E-state index in [0.717, 1.165) is 50.5 Å². The molecule has 3 aromatic rings. The molecular formula is C24H26N2O2. The number of carbonyl (C=O) groups is 1. The summed E-state index contributed by atoms with van der Waals surface area (Å²) >= 11 is 0. The van der Waals surface area contributed by atoms with Crippen molar-refractivity contribution in [1.29, 1.82) is 0 Å². The Hall–Kier alpha value is -3.01. The fourth-order valence-corrected chi connectivity index (χ4v) is 3.72. The Morgan fingerprint density at radius 3 is 2.29 bits per heavy atom. The Kier molecular flexibility index (Phi) is 5.76. The van der Waals surface area contributed by atoms with Crippen LogP contribution in [0.25, 0.3) is 0 Å². The summed E-state index contributed by atoms with van der Waals surface area (Å²) in [5.41, 5.74) is 1.97. The molecule has 2 heterocycles. The minimum atomic E-state index is 0.128. The highest BCUT2D eigenvalue weighted by Crippen LogP contribution is 2.21. The molecule has 0 aliphatic carbocycles. The Labute approximate surface area is 166 Å². The monoisotopic (exact) mass is 374 g/mol. The zero-order valence-corrected chi connectivity index (χ0v) is 16.0. The molecule has 1 aliphatic rings. The average Bonchev–Trinajstić information content (AvgIpc) is 3.21. The number of amides is 1. The van der Waals surface area contributed by atoms with Crippen molar-refractivity contribution in [1.82, 2.24) is 9.47 Å². The van der Waals surface area contributed by atoms with Crippen molar-refractivity contribution in [3.63, 3.8) is 0 Å². The zero-order chi connectivity index (χ0) is 19.2. The third kappa shape index (κ3) is 4.45. The topological polar surface area (TPSA) is 34.5 Å². The molecule has 1 fully saturated rings. The number of para-hydroxylation sites is 1. The van der Waals surface area contributed by atoms with Gasteiger partial charge in [-0.1, -0.05) is 48.5 Å². The predicted molar refractivity (Wildman–Crippen MR) is 111 cm³/mol. The molecule has 0 N–H and O–H groups in total. The van der Waals surface area contributed by atoms with Crippen LogP contribution in [0.5, 0.6) is 5.75 Å². The number of aromatic nitrogens is 1. The summed E-state index contributed by atoms with van der Waals surface area (Å²) in [6.07, 6.45) is 3.95. The van der Waals surface area contributed by atoms with E-state index in [4.69, 9.17) is 4.74 Å². The highest BCUT2D eigenvalue weighted by Gasteiger charge is 2.25. The highest BCUT2D eigenvalue weighted by atomic mass is 16.5. The first-order valence-corrected chi connectivity index (χ1v) is 9.96. The number of piperidine rings is 1. The van der Waals surface area contributed by atoms with Crippen molar-refractivity contribution in [3.05, 3.63) is 90.3 Å². The van der Waals surface area contributed by atoms with E-state index in [2.05, 4.69) is 12.1 Å². The Morgan fingerprint density at radius 1 is 0.893 bits per heavy atom. The number of carbonyl (C=O) groups excluding carboxylic acids is 1. The Bertz CT molecular complexity index is 881. The van der Waals surface area contributed by atoms with Gasteiger partial charge in [-0.05, 0) is 48.6 Å². The molecule has 1 aromatic heterocycles. The normalized spacial score (nSPS) is 14.8. The van der Waals surface area contributed by atoms with E-state index in [-0.39, 0.29) is 5.91 Å². The fraction of sp³-hybridized carbons (Fsp3) is 0.292. The van der Waals surface area contributed by atoms with Crippen LogP contribution in [0.2, 0.25) is 0 Å². The summed E-state index contributed by atoms with van der Waals surface area (Å²) in [5.74, 6) is 1.54. The van der Waals surface area contributed by atoms with E-state index < -0.39 is 0 Å². The molecule has 28 heavy (non-hydrogen) atoms. The number of likely N-dealkylation sites (tertiary alicyclic amines) is 1. The van der Waals surface area contributed by atoms with Gasteiger partial charge in [-0.25, -0.2) is 0 Å². The molecule has 0 radical (unpaired) electrons.